The molecule has 5 nitrogen and oxygen atoms in total. The van der Waals surface area contributed by atoms with Gasteiger partial charge in [0.25, 0.3) is 0 Å². The van der Waals surface area contributed by atoms with Crippen LogP contribution in [0.5, 0.6) is 5.75 Å². The SMILES string of the molecule is Cc1cc(OCC(=O)O)ccc1NC(=O)CCc1cc(Br)cs1. The van der Waals surface area contributed by atoms with Gasteiger partial charge in [-0.15, -0.1) is 11.3 Å². The van der Waals surface area contributed by atoms with Gasteiger partial charge in [0.1, 0.15) is 5.75 Å². The van der Waals surface area contributed by atoms with Gasteiger partial charge in [-0.25, -0.2) is 4.79 Å². The van der Waals surface area contributed by atoms with Gasteiger partial charge in [-0.05, 0) is 59.1 Å². The van der Waals surface area contributed by atoms with Gasteiger partial charge in [-0.1, -0.05) is 0 Å². The number of rotatable bonds is 7. The van der Waals surface area contributed by atoms with Crippen LogP contribution in [0.15, 0.2) is 34.1 Å². The van der Waals surface area contributed by atoms with Crippen LogP contribution < -0.4 is 10.1 Å². The molecule has 0 unspecified atom stereocenters. The number of hydrogen-bond donors (Lipinski definition) is 2. The first-order valence-electron chi connectivity index (χ1n) is 6.92. The van der Waals surface area contributed by atoms with E-state index in [-0.39, 0.29) is 12.5 Å². The van der Waals surface area contributed by atoms with E-state index in [0.29, 0.717) is 24.3 Å². The molecule has 2 aromatic rings. The number of carboxylic acid groups (broad SMARTS) is 1. The van der Waals surface area contributed by atoms with E-state index >= 15 is 0 Å². The molecule has 0 saturated heterocycles. The number of benzene rings is 1. The Bertz CT molecular complexity index is 714. The number of anilines is 1. The van der Waals surface area contributed by atoms with E-state index in [1.807, 2.05) is 18.4 Å². The van der Waals surface area contributed by atoms with Crippen LogP contribution >= 0.6 is 27.3 Å². The molecule has 122 valence electrons. The monoisotopic (exact) mass is 397 g/mol. The van der Waals surface area contributed by atoms with E-state index in [2.05, 4.69) is 21.2 Å². The third-order valence-corrected chi connectivity index (χ3v) is 4.81. The largest absolute Gasteiger partial charge is 0.482 e. The Labute approximate surface area is 146 Å². The fourth-order valence-corrected chi connectivity index (χ4v) is 3.40. The van der Waals surface area contributed by atoms with Crippen LogP contribution in [0.1, 0.15) is 16.9 Å². The molecule has 1 aromatic heterocycles. The smallest absolute Gasteiger partial charge is 0.341 e. The minimum absolute atomic E-state index is 0.0585. The van der Waals surface area contributed by atoms with Crippen molar-refractivity contribution in [1.82, 2.24) is 0 Å². The molecule has 0 atom stereocenters. The first-order chi connectivity index (χ1) is 10.9. The molecule has 1 heterocycles. The van der Waals surface area contributed by atoms with E-state index in [1.54, 1.807) is 29.5 Å². The zero-order valence-electron chi connectivity index (χ0n) is 12.5. The number of ether oxygens (including phenoxy) is 1. The predicted octanol–water partition coefficient (Wildman–Crippen LogP) is 3.85. The predicted molar refractivity (Wildman–Crippen MR) is 93.3 cm³/mol. The van der Waals surface area contributed by atoms with E-state index in [4.69, 9.17) is 9.84 Å². The van der Waals surface area contributed by atoms with E-state index in [1.165, 1.54) is 0 Å². The van der Waals surface area contributed by atoms with Crippen LogP contribution in [-0.4, -0.2) is 23.6 Å². The Hall–Kier alpha value is -1.86. The molecule has 1 aromatic carbocycles. The Morgan fingerprint density at radius 1 is 1.35 bits per heavy atom. The Morgan fingerprint density at radius 2 is 2.13 bits per heavy atom. The van der Waals surface area contributed by atoms with Crippen molar-refractivity contribution in [2.45, 2.75) is 19.8 Å². The lowest BCUT2D eigenvalue weighted by molar-refractivity contribution is -0.139. The van der Waals surface area contributed by atoms with E-state index in [0.717, 1.165) is 14.9 Å². The number of nitrogens with one attached hydrogen (secondary N) is 1. The molecule has 2 rings (SSSR count). The maximum atomic E-state index is 12.0. The van der Waals surface area contributed by atoms with Crippen molar-refractivity contribution in [3.8, 4) is 5.75 Å². The van der Waals surface area contributed by atoms with Crippen LogP contribution in [0.2, 0.25) is 0 Å². The average molecular weight is 398 g/mol. The lowest BCUT2D eigenvalue weighted by Crippen LogP contribution is -2.13. The molecule has 2 N–H and O–H groups in total. The molecule has 0 aliphatic heterocycles. The number of halogens is 1. The van der Waals surface area contributed by atoms with Gasteiger partial charge in [0.05, 0.1) is 0 Å². The summed E-state index contributed by atoms with van der Waals surface area (Å²) in [6.45, 7) is 1.45. The number of amides is 1. The van der Waals surface area contributed by atoms with Crippen molar-refractivity contribution >= 4 is 44.8 Å². The normalized spacial score (nSPS) is 10.3. The lowest BCUT2D eigenvalue weighted by Gasteiger charge is -2.10. The number of thiophene rings is 1. The highest BCUT2D eigenvalue weighted by molar-refractivity contribution is 9.10. The second kappa shape index (κ2) is 8.12. The van der Waals surface area contributed by atoms with Crippen molar-refractivity contribution in [2.75, 3.05) is 11.9 Å². The van der Waals surface area contributed by atoms with Gasteiger partial charge in [0.2, 0.25) is 5.91 Å². The Morgan fingerprint density at radius 3 is 2.74 bits per heavy atom. The summed E-state index contributed by atoms with van der Waals surface area (Å²) in [6, 6.07) is 7.07. The molecule has 0 saturated carbocycles. The molecule has 0 aliphatic carbocycles. The summed E-state index contributed by atoms with van der Waals surface area (Å²) < 4.78 is 6.13. The summed E-state index contributed by atoms with van der Waals surface area (Å²) in [7, 11) is 0. The molecule has 1 amide bonds. The number of carbonyl (C=O) groups excluding carboxylic acids is 1. The van der Waals surface area contributed by atoms with Crippen LogP contribution in [0.4, 0.5) is 5.69 Å². The summed E-state index contributed by atoms with van der Waals surface area (Å²) in [4.78, 5) is 23.6. The molecule has 0 spiro atoms. The molecule has 0 fully saturated rings. The minimum atomic E-state index is -1.03. The first-order valence-corrected chi connectivity index (χ1v) is 8.59. The summed E-state index contributed by atoms with van der Waals surface area (Å²) in [6.07, 6.45) is 1.10. The zero-order chi connectivity index (χ0) is 16.8. The summed E-state index contributed by atoms with van der Waals surface area (Å²) in [5.41, 5.74) is 1.52. The molecule has 23 heavy (non-hydrogen) atoms. The maximum Gasteiger partial charge on any atom is 0.341 e. The molecule has 0 radical (unpaired) electrons. The van der Waals surface area contributed by atoms with E-state index in [9.17, 15) is 9.59 Å². The van der Waals surface area contributed by atoms with Crippen LogP contribution in [-0.2, 0) is 16.0 Å². The minimum Gasteiger partial charge on any atom is -0.482 e. The van der Waals surface area contributed by atoms with Gasteiger partial charge >= 0.3 is 5.97 Å². The quantitative estimate of drug-likeness (QED) is 0.743. The van der Waals surface area contributed by atoms with Crippen LogP contribution in [0.25, 0.3) is 0 Å². The van der Waals surface area contributed by atoms with Gasteiger partial charge < -0.3 is 15.2 Å². The van der Waals surface area contributed by atoms with Gasteiger partial charge in [0.15, 0.2) is 6.61 Å². The van der Waals surface area contributed by atoms with Crippen molar-refractivity contribution in [1.29, 1.82) is 0 Å². The van der Waals surface area contributed by atoms with Gasteiger partial charge in [-0.3, -0.25) is 4.79 Å². The molecular formula is C16H16BrNO4S. The molecule has 0 aliphatic rings. The van der Waals surface area contributed by atoms with Crippen LogP contribution in [0.3, 0.4) is 0 Å². The van der Waals surface area contributed by atoms with Gasteiger partial charge in [-0.2, -0.15) is 0 Å². The average Bonchev–Trinajstić information content (AvgIpc) is 2.91. The number of hydrogen-bond acceptors (Lipinski definition) is 4. The molecule has 7 heteroatoms. The van der Waals surface area contributed by atoms with Crippen LogP contribution in [0, 0.1) is 6.92 Å². The highest BCUT2D eigenvalue weighted by Crippen LogP contribution is 2.23. The third kappa shape index (κ3) is 5.69. The topological polar surface area (TPSA) is 75.6 Å². The number of aryl methyl sites for hydroxylation is 2. The fraction of sp³-hybridized carbons (Fsp3) is 0.250. The highest BCUT2D eigenvalue weighted by Gasteiger charge is 2.08. The first kappa shape index (κ1) is 17.5. The lowest BCUT2D eigenvalue weighted by atomic mass is 10.1. The summed E-state index contributed by atoms with van der Waals surface area (Å²) in [5.74, 6) is -0.622. The number of carboxylic acids is 1. The van der Waals surface area contributed by atoms with Crippen molar-refractivity contribution in [2.24, 2.45) is 0 Å². The molecular weight excluding hydrogens is 382 g/mol. The zero-order valence-corrected chi connectivity index (χ0v) is 14.9. The van der Waals surface area contributed by atoms with Crippen molar-refractivity contribution in [3.63, 3.8) is 0 Å². The standard InChI is InChI=1S/C16H16BrNO4S/c1-10-6-12(22-8-16(20)21)2-4-14(10)18-15(19)5-3-13-7-11(17)9-23-13/h2,4,6-7,9H,3,5,8H2,1H3,(H,18,19)(H,20,21). The van der Waals surface area contributed by atoms with Gasteiger partial charge in [0, 0.05) is 26.8 Å². The highest BCUT2D eigenvalue weighted by atomic mass is 79.9. The second-order valence-corrected chi connectivity index (χ2v) is 6.85. The third-order valence-electron chi connectivity index (χ3n) is 3.05. The number of carbonyl (C=O) groups is 2. The number of aliphatic carboxylic acids is 1. The Kier molecular flexibility index (Phi) is 6.18. The Balaban J connectivity index is 1.88. The molecule has 0 bridgehead atoms. The maximum absolute atomic E-state index is 12.0. The second-order valence-electron chi connectivity index (χ2n) is 4.94. The summed E-state index contributed by atoms with van der Waals surface area (Å²) >= 11 is 5.01. The fourth-order valence-electron chi connectivity index (χ4n) is 1.95. The van der Waals surface area contributed by atoms with Crippen molar-refractivity contribution < 1.29 is 19.4 Å². The summed E-state index contributed by atoms with van der Waals surface area (Å²) in [5, 5.41) is 13.4. The van der Waals surface area contributed by atoms with E-state index < -0.39 is 5.97 Å². The van der Waals surface area contributed by atoms with Crippen molar-refractivity contribution in [3.05, 3.63) is 44.6 Å².